The summed E-state index contributed by atoms with van der Waals surface area (Å²) in [6.45, 7) is 10.4. The Bertz CT molecular complexity index is 635. The third kappa shape index (κ3) is 3.08. The summed E-state index contributed by atoms with van der Waals surface area (Å²) in [5, 5.41) is 0. The van der Waals surface area contributed by atoms with E-state index >= 15 is 0 Å². The highest BCUT2D eigenvalue weighted by molar-refractivity contribution is 5.76. The average molecular weight is 360 g/mol. The van der Waals surface area contributed by atoms with Crippen molar-refractivity contribution in [3.8, 4) is 0 Å². The van der Waals surface area contributed by atoms with Gasteiger partial charge in [-0.1, -0.05) is 18.1 Å². The van der Waals surface area contributed by atoms with Crippen LogP contribution in [0.25, 0.3) is 0 Å². The molecule has 0 radical (unpaired) electrons. The first-order valence-electron chi connectivity index (χ1n) is 10.2. The number of allylic oxidation sites excluding steroid dienone is 2. The molecule has 5 heteroatoms. The van der Waals surface area contributed by atoms with Gasteiger partial charge in [0.15, 0.2) is 0 Å². The molecule has 2 saturated heterocycles. The fourth-order valence-corrected chi connectivity index (χ4v) is 5.84. The highest BCUT2D eigenvalue weighted by Gasteiger charge is 2.53. The number of nitrogens with zero attached hydrogens (tertiary/aromatic N) is 2. The molecule has 4 atom stereocenters. The normalized spacial score (nSPS) is 38.0. The molecule has 2 heterocycles. The van der Waals surface area contributed by atoms with E-state index in [1.807, 2.05) is 4.90 Å². The second-order valence-electron chi connectivity index (χ2n) is 9.13. The first kappa shape index (κ1) is 18.0. The summed E-state index contributed by atoms with van der Waals surface area (Å²) in [4.78, 5) is 28.4. The molecule has 0 aromatic carbocycles. The van der Waals surface area contributed by atoms with E-state index in [9.17, 15) is 9.59 Å². The zero-order valence-electron chi connectivity index (χ0n) is 16.4. The number of amides is 1. The summed E-state index contributed by atoms with van der Waals surface area (Å²) in [7, 11) is 0. The molecule has 2 aliphatic carbocycles. The number of piperazine rings is 1. The lowest BCUT2D eigenvalue weighted by atomic mass is 9.59. The highest BCUT2D eigenvalue weighted by Crippen LogP contribution is 2.55. The van der Waals surface area contributed by atoms with E-state index in [0.29, 0.717) is 5.92 Å². The monoisotopic (exact) mass is 360 g/mol. The summed E-state index contributed by atoms with van der Waals surface area (Å²) >= 11 is 0. The topological polar surface area (TPSA) is 49.9 Å². The third-order valence-electron chi connectivity index (χ3n) is 7.45. The molecule has 0 aromatic rings. The van der Waals surface area contributed by atoms with Crippen molar-refractivity contribution in [1.82, 2.24) is 9.80 Å². The molecule has 4 aliphatic rings. The number of fused-ring (bicyclic) bond motifs is 2. The average Bonchev–Trinajstić information content (AvgIpc) is 2.88. The Labute approximate surface area is 156 Å². The molecule has 26 heavy (non-hydrogen) atoms. The predicted molar refractivity (Wildman–Crippen MR) is 99.4 cm³/mol. The smallest absolute Gasteiger partial charge is 0.310 e. The number of ether oxygens (including phenoxy) is 1. The first-order valence-corrected chi connectivity index (χ1v) is 10.2. The quantitative estimate of drug-likeness (QED) is 0.561. The summed E-state index contributed by atoms with van der Waals surface area (Å²) < 4.78 is 5.88. The molecule has 0 N–H and O–H groups in total. The highest BCUT2D eigenvalue weighted by atomic mass is 16.6. The number of hydrogen-bond donors (Lipinski definition) is 0. The summed E-state index contributed by atoms with van der Waals surface area (Å²) in [6.07, 6.45) is 5.86. The van der Waals surface area contributed by atoms with Crippen molar-refractivity contribution in [3.05, 3.63) is 11.1 Å². The second kappa shape index (κ2) is 6.66. The van der Waals surface area contributed by atoms with E-state index < -0.39 is 0 Å². The minimum absolute atomic E-state index is 0.00402. The van der Waals surface area contributed by atoms with Gasteiger partial charge in [-0.2, -0.15) is 0 Å². The Kier molecular flexibility index (Phi) is 4.62. The minimum Gasteiger partial charge on any atom is -0.462 e. The van der Waals surface area contributed by atoms with Gasteiger partial charge >= 0.3 is 5.97 Å². The zero-order valence-corrected chi connectivity index (χ0v) is 16.4. The van der Waals surface area contributed by atoms with Crippen LogP contribution in [0.4, 0.5) is 0 Å². The molecule has 1 amide bonds. The van der Waals surface area contributed by atoms with Crippen LogP contribution in [0.15, 0.2) is 11.1 Å². The van der Waals surface area contributed by atoms with Crippen molar-refractivity contribution in [1.29, 1.82) is 0 Å². The van der Waals surface area contributed by atoms with E-state index in [4.69, 9.17) is 4.74 Å². The summed E-state index contributed by atoms with van der Waals surface area (Å²) in [5.74, 6) is 0.492. The fraction of sp³-hybridized carbons (Fsp3) is 0.810. The third-order valence-corrected chi connectivity index (χ3v) is 7.45. The number of hydrogen-bond acceptors (Lipinski definition) is 4. The van der Waals surface area contributed by atoms with Crippen LogP contribution in [0.1, 0.15) is 52.9 Å². The molecule has 4 unspecified atom stereocenters. The molecule has 0 aromatic heterocycles. The van der Waals surface area contributed by atoms with Crippen LogP contribution in [0, 0.1) is 17.3 Å². The van der Waals surface area contributed by atoms with Crippen LogP contribution >= 0.6 is 0 Å². The van der Waals surface area contributed by atoms with Crippen LogP contribution in [-0.2, 0) is 14.3 Å². The van der Waals surface area contributed by atoms with E-state index in [1.54, 1.807) is 18.1 Å². The number of rotatable bonds is 2. The lowest BCUT2D eigenvalue weighted by Crippen LogP contribution is -2.50. The Balaban J connectivity index is 1.45. The Morgan fingerprint density at radius 1 is 1.27 bits per heavy atom. The van der Waals surface area contributed by atoms with Gasteiger partial charge in [0.05, 0.1) is 5.92 Å². The zero-order chi connectivity index (χ0) is 18.5. The minimum atomic E-state index is -0.00402. The van der Waals surface area contributed by atoms with Crippen molar-refractivity contribution in [2.75, 3.05) is 32.7 Å². The molecular weight excluding hydrogens is 328 g/mol. The molecule has 0 spiro atoms. The van der Waals surface area contributed by atoms with Crippen LogP contribution < -0.4 is 0 Å². The summed E-state index contributed by atoms with van der Waals surface area (Å²) in [5.41, 5.74) is 3.42. The van der Waals surface area contributed by atoms with Gasteiger partial charge in [-0.05, 0) is 44.4 Å². The Hall–Kier alpha value is -1.36. The molecule has 4 rings (SSSR count). The van der Waals surface area contributed by atoms with Gasteiger partial charge < -0.3 is 9.64 Å². The standard InChI is InChI=1S/C21H32N2O3/c1-14-5-4-6-21(3)12-19-16(11-18(14)21)17(20(25)26-19)13-22-7-9-23(10-8-22)15(2)24/h16-17,19H,4-13H2,1-3H3. The van der Waals surface area contributed by atoms with Crippen molar-refractivity contribution < 1.29 is 14.3 Å². The molecule has 1 saturated carbocycles. The van der Waals surface area contributed by atoms with Gasteiger partial charge in [0, 0.05) is 45.6 Å². The van der Waals surface area contributed by atoms with Gasteiger partial charge in [-0.3, -0.25) is 14.5 Å². The first-order chi connectivity index (χ1) is 12.4. The molecule has 3 fully saturated rings. The lowest BCUT2D eigenvalue weighted by Gasteiger charge is -2.46. The van der Waals surface area contributed by atoms with Gasteiger partial charge in [0.2, 0.25) is 5.91 Å². The van der Waals surface area contributed by atoms with Gasteiger partial charge in [0.1, 0.15) is 6.10 Å². The van der Waals surface area contributed by atoms with Gasteiger partial charge in [-0.15, -0.1) is 0 Å². The van der Waals surface area contributed by atoms with Gasteiger partial charge in [-0.25, -0.2) is 0 Å². The summed E-state index contributed by atoms with van der Waals surface area (Å²) in [6, 6.07) is 0. The molecule has 2 aliphatic heterocycles. The largest absolute Gasteiger partial charge is 0.462 e. The lowest BCUT2D eigenvalue weighted by molar-refractivity contribution is -0.146. The molecule has 144 valence electrons. The van der Waals surface area contributed by atoms with E-state index in [0.717, 1.165) is 45.6 Å². The Morgan fingerprint density at radius 3 is 2.69 bits per heavy atom. The van der Waals surface area contributed by atoms with Crippen LogP contribution in [-0.4, -0.2) is 60.5 Å². The van der Waals surface area contributed by atoms with E-state index in [2.05, 4.69) is 18.7 Å². The van der Waals surface area contributed by atoms with Crippen LogP contribution in [0.2, 0.25) is 0 Å². The van der Waals surface area contributed by atoms with Crippen molar-refractivity contribution in [3.63, 3.8) is 0 Å². The van der Waals surface area contributed by atoms with Crippen molar-refractivity contribution >= 4 is 11.9 Å². The fourth-order valence-electron chi connectivity index (χ4n) is 5.84. The van der Waals surface area contributed by atoms with Gasteiger partial charge in [0.25, 0.3) is 0 Å². The van der Waals surface area contributed by atoms with Crippen LogP contribution in [0.5, 0.6) is 0 Å². The van der Waals surface area contributed by atoms with Crippen LogP contribution in [0.3, 0.4) is 0 Å². The van der Waals surface area contributed by atoms with E-state index in [-0.39, 0.29) is 29.3 Å². The maximum Gasteiger partial charge on any atom is 0.310 e. The SMILES string of the molecule is CC(=O)N1CCN(CC2C(=O)OC3CC4(C)CCCC(C)=C4CC32)CC1. The molecule has 5 nitrogen and oxygen atoms in total. The number of carbonyl (C=O) groups excluding carboxylic acids is 2. The van der Waals surface area contributed by atoms with E-state index in [1.165, 1.54) is 19.3 Å². The number of carbonyl (C=O) groups is 2. The van der Waals surface area contributed by atoms with Crippen molar-refractivity contribution in [2.24, 2.45) is 17.3 Å². The maximum absolute atomic E-state index is 12.6. The van der Waals surface area contributed by atoms with Crippen molar-refractivity contribution in [2.45, 2.75) is 59.0 Å². The maximum atomic E-state index is 12.6. The predicted octanol–water partition coefficient (Wildman–Crippen LogP) is 2.61. The molecular formula is C21H32N2O3. The second-order valence-corrected chi connectivity index (χ2v) is 9.13. The Morgan fingerprint density at radius 2 is 2.00 bits per heavy atom. The number of esters is 1. The molecule has 0 bridgehead atoms.